The highest BCUT2D eigenvalue weighted by Crippen LogP contribution is 2.44. The van der Waals surface area contributed by atoms with Crippen molar-refractivity contribution in [1.29, 1.82) is 0 Å². The molecule has 41 heavy (non-hydrogen) atoms. The van der Waals surface area contributed by atoms with Crippen molar-refractivity contribution in [1.82, 2.24) is 30.8 Å². The number of aromatic amines is 1. The van der Waals surface area contributed by atoms with Crippen molar-refractivity contribution >= 4 is 11.8 Å². The third-order valence-electron chi connectivity index (χ3n) is 7.21. The van der Waals surface area contributed by atoms with Crippen molar-refractivity contribution in [2.75, 3.05) is 19.8 Å². The minimum Gasteiger partial charge on any atom is -0.493 e. The molecule has 1 aromatic heterocycles. The van der Waals surface area contributed by atoms with Crippen LogP contribution in [-0.2, 0) is 11.5 Å². The molecule has 4 rings (SSSR count). The van der Waals surface area contributed by atoms with Gasteiger partial charge in [-0.3, -0.25) is 4.79 Å². The van der Waals surface area contributed by atoms with Gasteiger partial charge in [-0.25, -0.2) is 13.6 Å². The Kier molecular flexibility index (Phi) is 9.19. The summed E-state index contributed by atoms with van der Waals surface area (Å²) in [6.07, 6.45) is 0.851. The molecular weight excluding hydrogens is 534 g/mol. The van der Waals surface area contributed by atoms with Crippen LogP contribution in [0.15, 0.2) is 42.5 Å². The topological polar surface area (TPSA) is 122 Å². The van der Waals surface area contributed by atoms with Crippen LogP contribution in [0.5, 0.6) is 11.5 Å². The molecule has 10 nitrogen and oxygen atoms in total. The Hall–Kier alpha value is -4.09. The molecule has 1 aliphatic rings. The third-order valence-corrected chi connectivity index (χ3v) is 7.21. The van der Waals surface area contributed by atoms with E-state index >= 15 is 0 Å². The molecule has 1 unspecified atom stereocenters. The Labute approximate surface area is 237 Å². The average molecular weight is 571 g/mol. The summed E-state index contributed by atoms with van der Waals surface area (Å²) in [4.78, 5) is 27.7. The molecule has 220 valence electrons. The molecule has 0 radical (unpaired) electrons. The Bertz CT molecular complexity index is 1310. The predicted molar refractivity (Wildman–Crippen MR) is 147 cm³/mol. The second-order valence-corrected chi connectivity index (χ2v) is 10.1. The smallest absolute Gasteiger partial charge is 0.318 e. The van der Waals surface area contributed by atoms with E-state index in [0.29, 0.717) is 54.5 Å². The lowest BCUT2D eigenvalue weighted by Crippen LogP contribution is -2.47. The molecule has 0 aliphatic heterocycles. The van der Waals surface area contributed by atoms with E-state index in [0.717, 1.165) is 0 Å². The van der Waals surface area contributed by atoms with E-state index in [1.54, 1.807) is 51.1 Å². The zero-order valence-electron chi connectivity index (χ0n) is 23.7. The van der Waals surface area contributed by atoms with Crippen LogP contribution in [0.4, 0.5) is 13.6 Å². The third kappa shape index (κ3) is 6.80. The van der Waals surface area contributed by atoms with E-state index < -0.39 is 30.0 Å². The van der Waals surface area contributed by atoms with E-state index in [4.69, 9.17) is 9.47 Å². The number of alkyl halides is 2. The number of tetrazole rings is 1. The van der Waals surface area contributed by atoms with Gasteiger partial charge < -0.3 is 19.7 Å². The summed E-state index contributed by atoms with van der Waals surface area (Å²) < 4.78 is 41.5. The molecule has 1 saturated carbocycles. The monoisotopic (exact) mass is 570 g/mol. The van der Waals surface area contributed by atoms with Gasteiger partial charge in [0.05, 0.1) is 19.3 Å². The quantitative estimate of drug-likeness (QED) is 0.244. The summed E-state index contributed by atoms with van der Waals surface area (Å²) in [5.41, 5.74) is 0.121. The highest BCUT2D eigenvalue weighted by molar-refractivity contribution is 5.99. The van der Waals surface area contributed by atoms with Crippen molar-refractivity contribution < 1.29 is 27.8 Å². The van der Waals surface area contributed by atoms with Crippen molar-refractivity contribution in [3.8, 4) is 11.5 Å². The van der Waals surface area contributed by atoms with Crippen LogP contribution in [0, 0.1) is 0 Å². The van der Waals surface area contributed by atoms with Crippen molar-refractivity contribution in [2.45, 2.75) is 70.9 Å². The zero-order chi connectivity index (χ0) is 29.6. The van der Waals surface area contributed by atoms with Crippen LogP contribution in [0.1, 0.15) is 86.7 Å². The summed E-state index contributed by atoms with van der Waals surface area (Å²) in [5, 5.41) is 17.1. The standard InChI is InChI=1S/C29H36F2N6O4/c1-5-40-23-17-21(18-24(41-6-2)25(23)20(4)38)19(3)37(16-10-13-29(30,31)22-11-8-7-9-12-22)27(39)32-28(14-15-28)26-33-35-36-34-26/h7-9,11-12,17-19H,5-6,10,13-16H2,1-4H3,(H,32,39)(H,33,34,35,36). The van der Waals surface area contributed by atoms with Crippen LogP contribution < -0.4 is 14.8 Å². The summed E-state index contributed by atoms with van der Waals surface area (Å²) in [5.74, 6) is -2.21. The minimum atomic E-state index is -3.05. The number of nitrogens with one attached hydrogen (secondary N) is 2. The Morgan fingerprint density at radius 2 is 1.76 bits per heavy atom. The van der Waals surface area contributed by atoms with Crippen LogP contribution in [0.25, 0.3) is 0 Å². The lowest BCUT2D eigenvalue weighted by atomic mass is 9.99. The maximum Gasteiger partial charge on any atom is 0.318 e. The van der Waals surface area contributed by atoms with Gasteiger partial charge >= 0.3 is 6.03 Å². The first-order valence-corrected chi connectivity index (χ1v) is 13.8. The van der Waals surface area contributed by atoms with Gasteiger partial charge in [0.1, 0.15) is 22.6 Å². The number of hydrogen-bond acceptors (Lipinski definition) is 7. The molecule has 0 saturated heterocycles. The number of rotatable bonds is 14. The number of hydrogen-bond donors (Lipinski definition) is 2. The van der Waals surface area contributed by atoms with E-state index in [1.165, 1.54) is 24.0 Å². The number of nitrogens with zero attached hydrogens (tertiary/aromatic N) is 4. The fraction of sp³-hybridized carbons (Fsp3) is 0.483. The number of ketones is 1. The molecule has 2 N–H and O–H groups in total. The number of urea groups is 1. The lowest BCUT2D eigenvalue weighted by molar-refractivity contribution is -0.0173. The first-order valence-electron chi connectivity index (χ1n) is 13.8. The number of carbonyl (C=O) groups excluding carboxylic acids is 2. The van der Waals surface area contributed by atoms with Gasteiger partial charge in [0.15, 0.2) is 11.6 Å². The molecule has 1 heterocycles. The Balaban J connectivity index is 1.63. The molecule has 0 bridgehead atoms. The summed E-state index contributed by atoms with van der Waals surface area (Å²) in [6.45, 7) is 7.52. The van der Waals surface area contributed by atoms with Gasteiger partial charge in [-0.15, -0.1) is 10.2 Å². The number of ether oxygens (including phenoxy) is 2. The predicted octanol–water partition coefficient (Wildman–Crippen LogP) is 5.53. The molecule has 1 atom stereocenters. The Morgan fingerprint density at radius 3 is 2.27 bits per heavy atom. The number of amides is 2. The normalized spacial score (nSPS) is 14.7. The second kappa shape index (κ2) is 12.6. The summed E-state index contributed by atoms with van der Waals surface area (Å²) in [6, 6.07) is 10.0. The van der Waals surface area contributed by atoms with Crippen LogP contribution >= 0.6 is 0 Å². The minimum absolute atomic E-state index is 0.0387. The molecule has 3 aromatic rings. The van der Waals surface area contributed by atoms with Crippen molar-refractivity contribution in [3.05, 3.63) is 65.0 Å². The lowest BCUT2D eigenvalue weighted by Gasteiger charge is -2.32. The molecule has 1 fully saturated rings. The average Bonchev–Trinajstić information content (AvgIpc) is 3.49. The number of Topliss-reactive ketones (excluding diaryl/α,β-unsaturated/α-hetero) is 1. The number of H-pyrrole nitrogens is 1. The highest BCUT2D eigenvalue weighted by atomic mass is 19.3. The van der Waals surface area contributed by atoms with Crippen LogP contribution in [0.2, 0.25) is 0 Å². The molecule has 0 spiro atoms. The first kappa shape index (κ1) is 29.9. The number of halogens is 2. The number of aromatic nitrogens is 4. The Morgan fingerprint density at radius 1 is 1.12 bits per heavy atom. The number of carbonyl (C=O) groups is 2. The highest BCUT2D eigenvalue weighted by Gasteiger charge is 2.50. The van der Waals surface area contributed by atoms with Gasteiger partial charge in [0, 0.05) is 18.5 Å². The van der Waals surface area contributed by atoms with E-state index in [-0.39, 0.29) is 24.3 Å². The van der Waals surface area contributed by atoms with Crippen LogP contribution in [0.3, 0.4) is 0 Å². The van der Waals surface area contributed by atoms with E-state index in [2.05, 4.69) is 25.9 Å². The fourth-order valence-electron chi connectivity index (χ4n) is 4.86. The zero-order valence-corrected chi connectivity index (χ0v) is 23.7. The van der Waals surface area contributed by atoms with Crippen molar-refractivity contribution in [2.24, 2.45) is 0 Å². The van der Waals surface area contributed by atoms with Gasteiger partial charge in [0.25, 0.3) is 5.92 Å². The largest absolute Gasteiger partial charge is 0.493 e. The second-order valence-electron chi connectivity index (χ2n) is 10.1. The summed E-state index contributed by atoms with van der Waals surface area (Å²) >= 11 is 0. The maximum absolute atomic E-state index is 15.0. The fourth-order valence-corrected chi connectivity index (χ4v) is 4.86. The van der Waals surface area contributed by atoms with Crippen molar-refractivity contribution in [3.63, 3.8) is 0 Å². The maximum atomic E-state index is 15.0. The molecule has 12 heteroatoms. The van der Waals surface area contributed by atoms with E-state index in [1.807, 2.05) is 0 Å². The van der Waals surface area contributed by atoms with E-state index in [9.17, 15) is 18.4 Å². The van der Waals surface area contributed by atoms with Crippen LogP contribution in [-0.4, -0.2) is 57.1 Å². The van der Waals surface area contributed by atoms with Gasteiger partial charge in [-0.05, 0) is 64.7 Å². The molecule has 2 aromatic carbocycles. The van der Waals surface area contributed by atoms with Gasteiger partial charge in [-0.2, -0.15) is 5.21 Å². The summed E-state index contributed by atoms with van der Waals surface area (Å²) in [7, 11) is 0. The van der Waals surface area contributed by atoms with Gasteiger partial charge in [0.2, 0.25) is 0 Å². The first-order chi connectivity index (χ1) is 19.6. The number of benzene rings is 2. The SMILES string of the molecule is CCOc1cc(C(C)N(CCCC(F)(F)c2ccccc2)C(=O)NC2(c3nn[nH]n3)CC2)cc(OCC)c1C(C)=O. The molecular formula is C29H36F2N6O4. The molecule has 1 aliphatic carbocycles. The molecule has 2 amide bonds. The van der Waals surface area contributed by atoms with Gasteiger partial charge in [-0.1, -0.05) is 35.5 Å².